The van der Waals surface area contributed by atoms with E-state index in [1.165, 1.54) is 0 Å². The average Bonchev–Trinajstić information content (AvgIpc) is 2.86. The molecule has 0 aliphatic rings. The Kier molecular flexibility index (Phi) is 3.39. The molecule has 0 saturated heterocycles. The van der Waals surface area contributed by atoms with Crippen LogP contribution in [0.4, 0.5) is 11.5 Å². The largest absolute Gasteiger partial charge is 0.328 e. The fourth-order valence-corrected chi connectivity index (χ4v) is 1.73. The lowest BCUT2D eigenvalue weighted by Gasteiger charge is -2.19. The molecule has 0 aliphatic carbocycles. The molecule has 0 unspecified atom stereocenters. The first kappa shape index (κ1) is 11.6. The van der Waals surface area contributed by atoms with E-state index in [-0.39, 0.29) is 0 Å². The van der Waals surface area contributed by atoms with Gasteiger partial charge in [0.05, 0.1) is 6.20 Å². The molecular weight excluding hydrogens is 214 g/mol. The molecule has 2 rings (SSSR count). The first-order chi connectivity index (χ1) is 8.26. The van der Waals surface area contributed by atoms with Gasteiger partial charge in [-0.05, 0) is 24.6 Å². The molecule has 0 amide bonds. The maximum atomic E-state index is 5.58. The molecule has 0 spiro atoms. The van der Waals surface area contributed by atoms with Crippen molar-refractivity contribution >= 4 is 11.5 Å². The van der Waals surface area contributed by atoms with Crippen LogP contribution >= 0.6 is 0 Å². The van der Waals surface area contributed by atoms with Crippen molar-refractivity contribution in [3.8, 4) is 0 Å². The summed E-state index contributed by atoms with van der Waals surface area (Å²) in [6.07, 6.45) is 1.76. The van der Waals surface area contributed by atoms with Crippen LogP contribution in [0, 0.1) is 0 Å². The highest BCUT2D eigenvalue weighted by Crippen LogP contribution is 2.22. The average molecular weight is 231 g/mol. The van der Waals surface area contributed by atoms with Gasteiger partial charge >= 0.3 is 0 Å². The molecule has 1 aromatic heterocycles. The van der Waals surface area contributed by atoms with Crippen LogP contribution in [-0.2, 0) is 13.1 Å². The van der Waals surface area contributed by atoms with E-state index in [4.69, 9.17) is 5.73 Å². The summed E-state index contributed by atoms with van der Waals surface area (Å²) in [6, 6.07) is 8.17. The molecule has 0 radical (unpaired) electrons. The summed E-state index contributed by atoms with van der Waals surface area (Å²) in [7, 11) is 2.00. The first-order valence-corrected chi connectivity index (χ1v) is 5.67. The smallest absolute Gasteiger partial charge is 0.151 e. The zero-order valence-electron chi connectivity index (χ0n) is 10.2. The van der Waals surface area contributed by atoms with Gasteiger partial charge in [-0.2, -0.15) is 0 Å². The summed E-state index contributed by atoms with van der Waals surface area (Å²) in [5, 5.41) is 7.94. The minimum Gasteiger partial charge on any atom is -0.328 e. The van der Waals surface area contributed by atoms with Gasteiger partial charge in [0.1, 0.15) is 0 Å². The lowest BCUT2D eigenvalue weighted by molar-refractivity contribution is 0.626. The monoisotopic (exact) mass is 231 g/mol. The Balaban J connectivity index is 2.27. The lowest BCUT2D eigenvalue weighted by atomic mass is 10.2. The van der Waals surface area contributed by atoms with Crippen molar-refractivity contribution in [2.24, 2.45) is 5.73 Å². The van der Waals surface area contributed by atoms with Crippen LogP contribution in [0.1, 0.15) is 12.5 Å². The maximum Gasteiger partial charge on any atom is 0.151 e. The number of rotatable bonds is 4. The van der Waals surface area contributed by atoms with Gasteiger partial charge < -0.3 is 10.6 Å². The molecule has 5 heteroatoms. The van der Waals surface area contributed by atoms with Crippen molar-refractivity contribution in [1.82, 2.24) is 15.0 Å². The van der Waals surface area contributed by atoms with Crippen molar-refractivity contribution in [1.29, 1.82) is 0 Å². The minimum absolute atomic E-state index is 0.568. The first-order valence-electron chi connectivity index (χ1n) is 5.67. The third-order valence-electron chi connectivity index (χ3n) is 2.80. The zero-order valence-corrected chi connectivity index (χ0v) is 10.2. The second kappa shape index (κ2) is 4.97. The van der Waals surface area contributed by atoms with Crippen molar-refractivity contribution in [3.05, 3.63) is 36.0 Å². The van der Waals surface area contributed by atoms with Crippen molar-refractivity contribution < 1.29 is 0 Å². The van der Waals surface area contributed by atoms with Crippen LogP contribution in [0.2, 0.25) is 0 Å². The Morgan fingerprint density at radius 2 is 2.00 bits per heavy atom. The highest BCUT2D eigenvalue weighted by atomic mass is 15.5. The fraction of sp³-hybridized carbons (Fsp3) is 0.333. The number of anilines is 2. The molecular formula is C12H17N5. The molecule has 2 N–H and O–H groups in total. The van der Waals surface area contributed by atoms with E-state index >= 15 is 0 Å². The molecule has 0 atom stereocenters. The number of nitrogens with zero attached hydrogens (tertiary/aromatic N) is 4. The van der Waals surface area contributed by atoms with Crippen LogP contribution in [0.15, 0.2) is 30.5 Å². The van der Waals surface area contributed by atoms with E-state index in [1.54, 1.807) is 6.20 Å². The van der Waals surface area contributed by atoms with Gasteiger partial charge in [-0.25, -0.2) is 4.68 Å². The fourth-order valence-electron chi connectivity index (χ4n) is 1.73. The van der Waals surface area contributed by atoms with Crippen LogP contribution in [-0.4, -0.2) is 22.0 Å². The Labute approximate surface area is 101 Å². The Morgan fingerprint density at radius 3 is 2.59 bits per heavy atom. The number of hydrogen-bond donors (Lipinski definition) is 1. The van der Waals surface area contributed by atoms with E-state index in [0.29, 0.717) is 6.54 Å². The Bertz CT molecular complexity index is 474. The lowest BCUT2D eigenvalue weighted by Crippen LogP contribution is -2.14. The van der Waals surface area contributed by atoms with Gasteiger partial charge in [0, 0.05) is 25.8 Å². The number of benzene rings is 1. The van der Waals surface area contributed by atoms with E-state index < -0.39 is 0 Å². The van der Waals surface area contributed by atoms with Gasteiger partial charge in [0.25, 0.3) is 0 Å². The second-order valence-corrected chi connectivity index (χ2v) is 3.84. The van der Waals surface area contributed by atoms with Crippen molar-refractivity contribution in [2.75, 3.05) is 11.9 Å². The Hall–Kier alpha value is -1.88. The predicted molar refractivity (Wildman–Crippen MR) is 68.1 cm³/mol. The predicted octanol–water partition coefficient (Wildman–Crippen LogP) is 1.52. The summed E-state index contributed by atoms with van der Waals surface area (Å²) in [6.45, 7) is 3.42. The van der Waals surface area contributed by atoms with Crippen LogP contribution in [0.5, 0.6) is 0 Å². The quantitative estimate of drug-likeness (QED) is 0.866. The molecule has 0 saturated carbocycles. The van der Waals surface area contributed by atoms with E-state index in [2.05, 4.69) is 27.3 Å². The molecule has 90 valence electrons. The molecule has 0 bridgehead atoms. The molecule has 17 heavy (non-hydrogen) atoms. The number of nitrogens with two attached hydrogens (primary N) is 1. The third kappa shape index (κ3) is 2.29. The van der Waals surface area contributed by atoms with Gasteiger partial charge in [-0.15, -0.1) is 5.10 Å². The molecule has 0 aliphatic heterocycles. The summed E-state index contributed by atoms with van der Waals surface area (Å²) in [4.78, 5) is 2.06. The highest BCUT2D eigenvalue weighted by Gasteiger charge is 2.09. The van der Waals surface area contributed by atoms with Gasteiger partial charge in [-0.3, -0.25) is 0 Å². The third-order valence-corrected chi connectivity index (χ3v) is 2.80. The SMILES string of the molecule is CCn1nncc1N(C)c1ccc(CN)cc1. The van der Waals surface area contributed by atoms with E-state index in [9.17, 15) is 0 Å². The summed E-state index contributed by atoms with van der Waals surface area (Å²) < 4.78 is 1.86. The van der Waals surface area contributed by atoms with Crippen LogP contribution in [0.3, 0.4) is 0 Å². The van der Waals surface area contributed by atoms with Crippen molar-refractivity contribution in [3.63, 3.8) is 0 Å². The minimum atomic E-state index is 0.568. The van der Waals surface area contributed by atoms with Gasteiger partial charge in [0.15, 0.2) is 5.82 Å². The molecule has 1 heterocycles. The molecule has 5 nitrogen and oxygen atoms in total. The Morgan fingerprint density at radius 1 is 1.29 bits per heavy atom. The molecule has 2 aromatic rings. The topological polar surface area (TPSA) is 60.0 Å². The van der Waals surface area contributed by atoms with Crippen molar-refractivity contribution in [2.45, 2.75) is 20.0 Å². The number of aryl methyl sites for hydroxylation is 1. The summed E-state index contributed by atoms with van der Waals surface area (Å²) >= 11 is 0. The normalized spacial score (nSPS) is 10.5. The standard InChI is InChI=1S/C12H17N5/c1-3-17-12(9-14-15-17)16(2)11-6-4-10(8-13)5-7-11/h4-7,9H,3,8,13H2,1-2H3. The highest BCUT2D eigenvalue weighted by molar-refractivity contribution is 5.58. The summed E-state index contributed by atoms with van der Waals surface area (Å²) in [5.74, 6) is 0.980. The van der Waals surface area contributed by atoms with Gasteiger partial charge in [-0.1, -0.05) is 17.3 Å². The number of aromatic nitrogens is 3. The van der Waals surface area contributed by atoms with E-state index in [0.717, 1.165) is 23.6 Å². The number of hydrogen-bond acceptors (Lipinski definition) is 4. The van der Waals surface area contributed by atoms with Crippen LogP contribution < -0.4 is 10.6 Å². The van der Waals surface area contributed by atoms with Crippen LogP contribution in [0.25, 0.3) is 0 Å². The maximum absolute atomic E-state index is 5.58. The summed E-state index contributed by atoms with van der Waals surface area (Å²) in [5.41, 5.74) is 7.80. The second-order valence-electron chi connectivity index (χ2n) is 3.84. The molecule has 0 fully saturated rings. The van der Waals surface area contributed by atoms with Gasteiger partial charge in [0.2, 0.25) is 0 Å². The molecule has 1 aromatic carbocycles. The van der Waals surface area contributed by atoms with E-state index in [1.807, 2.05) is 30.8 Å². The zero-order chi connectivity index (χ0) is 12.3.